The smallest absolute Gasteiger partial charge is 0.0445 e. The lowest BCUT2D eigenvalue weighted by Gasteiger charge is -2.33. The fraction of sp³-hybridized carbons (Fsp3) is 1.00. The van der Waals surface area contributed by atoms with Gasteiger partial charge in [-0.3, -0.25) is 0 Å². The number of likely N-dealkylation sites (tertiary alicyclic amines) is 1. The molecule has 0 aliphatic carbocycles. The molecule has 1 heterocycles. The molecule has 0 amide bonds. The normalized spacial score (nSPS) is 25.4. The molecule has 1 aliphatic rings. The highest BCUT2D eigenvalue weighted by atomic mass is 16.3. The third-order valence-electron chi connectivity index (χ3n) is 3.53. The zero-order chi connectivity index (χ0) is 11.1. The van der Waals surface area contributed by atoms with Gasteiger partial charge in [0.05, 0.1) is 0 Å². The van der Waals surface area contributed by atoms with Crippen LogP contribution in [0.5, 0.6) is 0 Å². The molecule has 2 unspecified atom stereocenters. The van der Waals surface area contributed by atoms with Crippen LogP contribution < -0.4 is 5.32 Å². The van der Waals surface area contributed by atoms with E-state index in [0.29, 0.717) is 18.7 Å². The average Bonchev–Trinajstić information content (AvgIpc) is 2.26. The number of likely N-dealkylation sites (N-methyl/N-ethyl adjacent to an activating group) is 1. The van der Waals surface area contributed by atoms with E-state index in [1.165, 1.54) is 25.8 Å². The van der Waals surface area contributed by atoms with Crippen molar-refractivity contribution in [1.82, 2.24) is 10.2 Å². The van der Waals surface area contributed by atoms with Crippen molar-refractivity contribution < 1.29 is 5.11 Å². The van der Waals surface area contributed by atoms with E-state index in [1.54, 1.807) is 0 Å². The Balaban J connectivity index is 2.21. The molecule has 2 atom stereocenters. The molecule has 3 heteroatoms. The Labute approximate surface area is 93.9 Å². The van der Waals surface area contributed by atoms with Crippen molar-refractivity contribution in [2.75, 3.05) is 26.7 Å². The Morgan fingerprint density at radius 3 is 2.87 bits per heavy atom. The molecule has 15 heavy (non-hydrogen) atoms. The van der Waals surface area contributed by atoms with Gasteiger partial charge in [-0.05, 0) is 39.3 Å². The zero-order valence-electron chi connectivity index (χ0n) is 10.2. The summed E-state index contributed by atoms with van der Waals surface area (Å²) in [7, 11) is 2.22. The highest BCUT2D eigenvalue weighted by Gasteiger charge is 2.19. The first-order valence-electron chi connectivity index (χ1n) is 6.32. The molecule has 0 saturated carbocycles. The summed E-state index contributed by atoms with van der Waals surface area (Å²) in [4.78, 5) is 2.46. The molecule has 1 rings (SSSR count). The number of nitrogens with zero attached hydrogens (tertiary/aromatic N) is 1. The van der Waals surface area contributed by atoms with Crippen LogP contribution in [-0.2, 0) is 0 Å². The van der Waals surface area contributed by atoms with Crippen LogP contribution in [-0.4, -0.2) is 48.8 Å². The molecule has 0 aromatic carbocycles. The van der Waals surface area contributed by atoms with Crippen molar-refractivity contribution in [2.24, 2.45) is 0 Å². The number of nitrogens with one attached hydrogen (secondary N) is 1. The van der Waals surface area contributed by atoms with E-state index in [9.17, 15) is 0 Å². The fourth-order valence-corrected chi connectivity index (χ4v) is 2.31. The van der Waals surface area contributed by atoms with Crippen LogP contribution in [0, 0.1) is 0 Å². The van der Waals surface area contributed by atoms with Crippen molar-refractivity contribution >= 4 is 0 Å². The minimum absolute atomic E-state index is 0.298. The third kappa shape index (κ3) is 4.49. The van der Waals surface area contributed by atoms with Gasteiger partial charge >= 0.3 is 0 Å². The molecule has 1 fully saturated rings. The van der Waals surface area contributed by atoms with Gasteiger partial charge in [-0.25, -0.2) is 0 Å². The quantitative estimate of drug-likeness (QED) is 0.698. The lowest BCUT2D eigenvalue weighted by molar-refractivity contribution is 0.173. The van der Waals surface area contributed by atoms with Crippen molar-refractivity contribution in [2.45, 2.75) is 51.1 Å². The maximum Gasteiger partial charge on any atom is 0.0445 e. The minimum atomic E-state index is 0.298. The summed E-state index contributed by atoms with van der Waals surface area (Å²) in [5, 5.41) is 12.5. The second kappa shape index (κ2) is 7.20. The molecule has 3 nitrogen and oxygen atoms in total. The zero-order valence-corrected chi connectivity index (χ0v) is 10.2. The lowest BCUT2D eigenvalue weighted by Crippen LogP contribution is -2.45. The van der Waals surface area contributed by atoms with E-state index in [2.05, 4.69) is 24.2 Å². The summed E-state index contributed by atoms with van der Waals surface area (Å²) in [6, 6.07) is 1.19. The van der Waals surface area contributed by atoms with Crippen LogP contribution in [0.2, 0.25) is 0 Å². The molecular weight excluding hydrogens is 188 g/mol. The summed E-state index contributed by atoms with van der Waals surface area (Å²) < 4.78 is 0. The Hall–Kier alpha value is -0.120. The van der Waals surface area contributed by atoms with Crippen LogP contribution in [0.4, 0.5) is 0 Å². The summed E-state index contributed by atoms with van der Waals surface area (Å²) in [5.74, 6) is 0. The van der Waals surface area contributed by atoms with Gasteiger partial charge in [0.25, 0.3) is 0 Å². The highest BCUT2D eigenvalue weighted by Crippen LogP contribution is 2.14. The first-order chi connectivity index (χ1) is 7.27. The number of rotatable bonds is 6. The van der Waals surface area contributed by atoms with E-state index in [0.717, 1.165) is 19.4 Å². The molecule has 1 saturated heterocycles. The van der Waals surface area contributed by atoms with Crippen molar-refractivity contribution in [1.29, 1.82) is 0 Å². The maximum atomic E-state index is 8.91. The standard InChI is InChI=1S/C12H26N2O/c1-3-11(7-9-15)13-10-12-6-4-5-8-14(12)2/h11-13,15H,3-10H2,1-2H3. The second-order valence-electron chi connectivity index (χ2n) is 4.66. The lowest BCUT2D eigenvalue weighted by atomic mass is 10.0. The van der Waals surface area contributed by atoms with Crippen LogP contribution in [0.1, 0.15) is 39.0 Å². The molecule has 0 radical (unpaired) electrons. The van der Waals surface area contributed by atoms with Crippen molar-refractivity contribution in [3.8, 4) is 0 Å². The van der Waals surface area contributed by atoms with E-state index in [1.807, 2.05) is 0 Å². The monoisotopic (exact) mass is 214 g/mol. The van der Waals surface area contributed by atoms with E-state index < -0.39 is 0 Å². The Morgan fingerprint density at radius 2 is 2.27 bits per heavy atom. The molecular formula is C12H26N2O. The van der Waals surface area contributed by atoms with Crippen LogP contribution >= 0.6 is 0 Å². The van der Waals surface area contributed by atoms with E-state index >= 15 is 0 Å². The predicted octanol–water partition coefficient (Wildman–Crippen LogP) is 1.22. The average molecular weight is 214 g/mol. The van der Waals surface area contributed by atoms with Gasteiger partial charge in [-0.15, -0.1) is 0 Å². The fourth-order valence-electron chi connectivity index (χ4n) is 2.31. The van der Waals surface area contributed by atoms with Crippen molar-refractivity contribution in [3.63, 3.8) is 0 Å². The SMILES string of the molecule is CCC(CCO)NCC1CCCCN1C. The van der Waals surface area contributed by atoms with Gasteiger partial charge in [-0.1, -0.05) is 13.3 Å². The first-order valence-corrected chi connectivity index (χ1v) is 6.32. The van der Waals surface area contributed by atoms with E-state index in [-0.39, 0.29) is 0 Å². The highest BCUT2D eigenvalue weighted by molar-refractivity contribution is 4.78. The predicted molar refractivity (Wildman–Crippen MR) is 64.1 cm³/mol. The molecule has 90 valence electrons. The molecule has 1 aliphatic heterocycles. The van der Waals surface area contributed by atoms with Crippen LogP contribution in [0.15, 0.2) is 0 Å². The number of piperidine rings is 1. The summed E-state index contributed by atoms with van der Waals surface area (Å²) in [5.41, 5.74) is 0. The van der Waals surface area contributed by atoms with Gasteiger partial charge in [0.2, 0.25) is 0 Å². The topological polar surface area (TPSA) is 35.5 Å². The summed E-state index contributed by atoms with van der Waals surface area (Å²) in [6.45, 7) is 4.79. The van der Waals surface area contributed by atoms with Gasteiger partial charge in [0.1, 0.15) is 0 Å². The van der Waals surface area contributed by atoms with Gasteiger partial charge < -0.3 is 15.3 Å². The Bertz CT molecular complexity index is 164. The largest absolute Gasteiger partial charge is 0.396 e. The van der Waals surface area contributed by atoms with Gasteiger partial charge in [0, 0.05) is 25.2 Å². The summed E-state index contributed by atoms with van der Waals surface area (Å²) in [6.07, 6.45) is 6.03. The second-order valence-corrected chi connectivity index (χ2v) is 4.66. The van der Waals surface area contributed by atoms with Gasteiger partial charge in [0.15, 0.2) is 0 Å². The molecule has 0 aromatic heterocycles. The minimum Gasteiger partial charge on any atom is -0.396 e. The van der Waals surface area contributed by atoms with E-state index in [4.69, 9.17) is 5.11 Å². The molecule has 0 aromatic rings. The number of hydrogen-bond donors (Lipinski definition) is 2. The number of aliphatic hydroxyl groups excluding tert-OH is 1. The van der Waals surface area contributed by atoms with Gasteiger partial charge in [-0.2, -0.15) is 0 Å². The maximum absolute atomic E-state index is 8.91. The summed E-state index contributed by atoms with van der Waals surface area (Å²) >= 11 is 0. The number of aliphatic hydroxyl groups is 1. The molecule has 0 bridgehead atoms. The van der Waals surface area contributed by atoms with Crippen LogP contribution in [0.3, 0.4) is 0 Å². The number of hydrogen-bond acceptors (Lipinski definition) is 3. The molecule has 2 N–H and O–H groups in total. The van der Waals surface area contributed by atoms with Crippen molar-refractivity contribution in [3.05, 3.63) is 0 Å². The van der Waals surface area contributed by atoms with Crippen LogP contribution in [0.25, 0.3) is 0 Å². The first kappa shape index (κ1) is 12.9. The molecule has 0 spiro atoms. The Morgan fingerprint density at radius 1 is 1.47 bits per heavy atom. The Kier molecular flexibility index (Phi) is 6.22. The third-order valence-corrected chi connectivity index (χ3v) is 3.53.